The molecule has 0 saturated carbocycles. The summed E-state index contributed by atoms with van der Waals surface area (Å²) in [5.41, 5.74) is 0. The van der Waals surface area contributed by atoms with Crippen molar-refractivity contribution in [2.24, 2.45) is 0 Å². The molecule has 0 amide bonds. The molecule has 1 aliphatic heterocycles. The van der Waals surface area contributed by atoms with Gasteiger partial charge >= 0.3 is 29.8 Å². The molecule has 0 bridgehead atoms. The molecule has 0 aliphatic carbocycles. The molecule has 8 N–H and O–H groups in total. The number of hydrogen-bond acceptors (Lipinski definition) is 5. The smallest absolute Gasteiger partial charge is 0.359 e. The first-order chi connectivity index (χ1) is 14.0. The molecule has 1 rings (SSSR count). The van der Waals surface area contributed by atoms with E-state index in [1.165, 1.54) is 0 Å². The van der Waals surface area contributed by atoms with Crippen LogP contribution in [0.1, 0.15) is 19.3 Å². The van der Waals surface area contributed by atoms with Crippen LogP contribution in [0.2, 0.25) is 0 Å². The van der Waals surface area contributed by atoms with Gasteiger partial charge in [0.2, 0.25) is 0 Å². The monoisotopic (exact) mass is 541 g/mol. The van der Waals surface area contributed by atoms with E-state index in [1.807, 2.05) is 0 Å². The van der Waals surface area contributed by atoms with E-state index in [4.69, 9.17) is 20.4 Å². The van der Waals surface area contributed by atoms with Crippen molar-refractivity contribution in [3.63, 3.8) is 0 Å². The fraction of sp³-hybridized carbons (Fsp3) is 0.706. The average molecular weight is 543 g/mol. The Morgan fingerprint density at radius 2 is 0.909 bits per heavy atom. The SMILES string of the molecule is O=C(O)C[NH+](CC(=O)O)C[C@H]1CCC[C@@H](C[NH+](CC(=O)O)CC(=O)O)[NH+]1CC(=O)O.[Cl-].[Cl-].[Cl-]. The van der Waals surface area contributed by atoms with Crippen LogP contribution in [-0.2, 0) is 24.0 Å². The van der Waals surface area contributed by atoms with Gasteiger partial charge in [0.25, 0.3) is 0 Å². The first-order valence-electron chi connectivity index (χ1n) is 9.59. The summed E-state index contributed by atoms with van der Waals surface area (Å²) in [6.07, 6.45) is 1.80. The van der Waals surface area contributed by atoms with Crippen molar-refractivity contribution in [3.8, 4) is 0 Å². The van der Waals surface area contributed by atoms with Gasteiger partial charge in [0.1, 0.15) is 25.2 Å². The lowest BCUT2D eigenvalue weighted by Gasteiger charge is -2.39. The fourth-order valence-electron chi connectivity index (χ4n) is 4.21. The summed E-state index contributed by atoms with van der Waals surface area (Å²) in [6.45, 7) is -1.76. The van der Waals surface area contributed by atoms with Crippen molar-refractivity contribution in [1.29, 1.82) is 0 Å². The number of aliphatic carboxylic acids is 5. The molecule has 1 fully saturated rings. The molecular formula is C17H30Cl3N3O10. The van der Waals surface area contributed by atoms with E-state index < -0.39 is 56.0 Å². The minimum Gasteiger partial charge on any atom is -1.00 e. The Bertz CT molecular complexity index is 592. The summed E-state index contributed by atoms with van der Waals surface area (Å²) in [5, 5.41) is 45.5. The standard InChI is InChI=1S/C17H27N3O10.3ClH/c21-13(22)6-18(7-14(23)24)4-11-2-1-3-12(20(11)10-17(29)30)5-19(8-15(25)26)9-16(27)28;;;/h11-12H,1-10H2,(H,21,22)(H,23,24)(H,25,26)(H,27,28)(H,29,30);3*1H/t11-,12+;;;. The molecule has 1 unspecified atom stereocenters. The number of nitrogens with one attached hydrogen (secondary N) is 3. The van der Waals surface area contributed by atoms with E-state index in [9.17, 15) is 29.1 Å². The Balaban J connectivity index is -0.00000300. The third-order valence-corrected chi connectivity index (χ3v) is 5.18. The van der Waals surface area contributed by atoms with E-state index in [0.717, 1.165) is 0 Å². The summed E-state index contributed by atoms with van der Waals surface area (Å²) in [4.78, 5) is 56.9. The lowest BCUT2D eigenvalue weighted by molar-refractivity contribution is -1.01. The molecule has 1 heterocycles. The van der Waals surface area contributed by atoms with Crippen molar-refractivity contribution >= 4 is 29.8 Å². The van der Waals surface area contributed by atoms with Crippen LogP contribution in [-0.4, -0.2) is 113 Å². The Labute approximate surface area is 208 Å². The first kappa shape index (κ1) is 35.7. The first-order valence-corrected chi connectivity index (χ1v) is 9.59. The van der Waals surface area contributed by atoms with Crippen LogP contribution in [0.15, 0.2) is 0 Å². The van der Waals surface area contributed by atoms with Crippen LogP contribution in [0.25, 0.3) is 0 Å². The topological polar surface area (TPSA) is 200 Å². The molecule has 0 radical (unpaired) electrons. The van der Waals surface area contributed by atoms with Crippen LogP contribution >= 0.6 is 0 Å². The van der Waals surface area contributed by atoms with Crippen molar-refractivity contribution in [2.75, 3.05) is 45.8 Å². The highest BCUT2D eigenvalue weighted by molar-refractivity contribution is 5.70. The van der Waals surface area contributed by atoms with Gasteiger partial charge in [-0.1, -0.05) is 0 Å². The molecule has 1 aliphatic rings. The zero-order valence-electron chi connectivity index (χ0n) is 17.6. The van der Waals surface area contributed by atoms with Crippen LogP contribution in [0, 0.1) is 0 Å². The molecule has 0 aromatic heterocycles. The van der Waals surface area contributed by atoms with Gasteiger partial charge in [-0.3, -0.25) is 0 Å². The largest absolute Gasteiger partial charge is 1.00 e. The molecule has 0 aromatic rings. The van der Waals surface area contributed by atoms with E-state index in [-0.39, 0.29) is 78.7 Å². The van der Waals surface area contributed by atoms with Gasteiger partial charge in [0.15, 0.2) is 32.7 Å². The number of rotatable bonds is 14. The Hall–Kier alpha value is -1.90. The third kappa shape index (κ3) is 14.8. The molecule has 0 aromatic carbocycles. The normalized spacial score (nSPS) is 19.5. The second-order valence-corrected chi connectivity index (χ2v) is 7.66. The van der Waals surface area contributed by atoms with E-state index >= 15 is 0 Å². The second kappa shape index (κ2) is 17.6. The van der Waals surface area contributed by atoms with Gasteiger partial charge in [-0.05, 0) is 6.42 Å². The van der Waals surface area contributed by atoms with Crippen molar-refractivity contribution in [1.82, 2.24) is 0 Å². The molecule has 0 spiro atoms. The molecule has 13 nitrogen and oxygen atoms in total. The Kier molecular flexibility index (Phi) is 19.0. The summed E-state index contributed by atoms with van der Waals surface area (Å²) < 4.78 is 0. The molecule has 194 valence electrons. The highest BCUT2D eigenvalue weighted by atomic mass is 35.5. The maximum Gasteiger partial charge on any atom is 0.359 e. The van der Waals surface area contributed by atoms with Crippen LogP contribution in [0.5, 0.6) is 0 Å². The maximum atomic E-state index is 11.4. The van der Waals surface area contributed by atoms with Crippen molar-refractivity contribution in [2.45, 2.75) is 31.3 Å². The molecule has 33 heavy (non-hydrogen) atoms. The van der Waals surface area contributed by atoms with Gasteiger partial charge in [-0.2, -0.15) is 0 Å². The maximum absolute atomic E-state index is 11.4. The second-order valence-electron chi connectivity index (χ2n) is 7.66. The van der Waals surface area contributed by atoms with E-state index in [0.29, 0.717) is 24.2 Å². The van der Waals surface area contributed by atoms with Gasteiger partial charge in [-0.25, -0.2) is 24.0 Å². The zero-order valence-corrected chi connectivity index (χ0v) is 19.9. The number of carboxylic acids is 5. The Morgan fingerprint density at radius 1 is 0.606 bits per heavy atom. The predicted octanol–water partition coefficient (Wildman–Crippen LogP) is -15.0. The summed E-state index contributed by atoms with van der Waals surface area (Å²) >= 11 is 0. The van der Waals surface area contributed by atoms with Gasteiger partial charge < -0.3 is 77.5 Å². The third-order valence-electron chi connectivity index (χ3n) is 5.18. The van der Waals surface area contributed by atoms with Gasteiger partial charge in [-0.15, -0.1) is 0 Å². The number of hydrogen-bond donors (Lipinski definition) is 8. The molecule has 16 heteroatoms. The number of carbonyl (C=O) groups is 5. The minimum absolute atomic E-state index is 0. The predicted molar refractivity (Wildman–Crippen MR) is 96.6 cm³/mol. The Morgan fingerprint density at radius 3 is 1.15 bits per heavy atom. The van der Waals surface area contributed by atoms with Gasteiger partial charge in [0, 0.05) is 12.8 Å². The fourth-order valence-corrected chi connectivity index (χ4v) is 4.21. The summed E-state index contributed by atoms with van der Waals surface area (Å²) in [5.74, 6) is -5.78. The highest BCUT2D eigenvalue weighted by Crippen LogP contribution is 2.07. The molecule has 1 saturated heterocycles. The summed E-state index contributed by atoms with van der Waals surface area (Å²) in [6, 6.07) is -0.686. The number of piperidine rings is 1. The molecule has 3 atom stereocenters. The van der Waals surface area contributed by atoms with Crippen LogP contribution in [0.3, 0.4) is 0 Å². The quantitative estimate of drug-likeness (QED) is 0.104. The zero-order chi connectivity index (χ0) is 22.8. The lowest BCUT2D eigenvalue weighted by atomic mass is 9.94. The van der Waals surface area contributed by atoms with Crippen LogP contribution in [0.4, 0.5) is 0 Å². The minimum atomic E-state index is -1.17. The van der Waals surface area contributed by atoms with Crippen LogP contribution < -0.4 is 51.9 Å². The average Bonchev–Trinajstić information content (AvgIpc) is 2.54. The number of carboxylic acid groups (broad SMARTS) is 5. The lowest BCUT2D eigenvalue weighted by Crippen LogP contribution is -3.30. The number of likely N-dealkylation sites (tertiary alicyclic amines) is 1. The van der Waals surface area contributed by atoms with Crippen molar-refractivity contribution in [3.05, 3.63) is 0 Å². The van der Waals surface area contributed by atoms with E-state index in [2.05, 4.69) is 0 Å². The highest BCUT2D eigenvalue weighted by Gasteiger charge is 2.41. The van der Waals surface area contributed by atoms with Crippen molar-refractivity contribution < 1.29 is 101 Å². The molecular weight excluding hydrogens is 513 g/mol. The number of halogens is 3. The number of quaternary nitrogens is 3. The van der Waals surface area contributed by atoms with E-state index in [1.54, 1.807) is 0 Å². The summed E-state index contributed by atoms with van der Waals surface area (Å²) in [7, 11) is 0. The van der Waals surface area contributed by atoms with Gasteiger partial charge in [0.05, 0.1) is 0 Å².